The maximum Gasteiger partial charge on any atom is 0.335 e. The van der Waals surface area contributed by atoms with Gasteiger partial charge in [-0.1, -0.05) is 86.3 Å². The van der Waals surface area contributed by atoms with Crippen LogP contribution >= 0.6 is 11.8 Å². The summed E-state index contributed by atoms with van der Waals surface area (Å²) in [7, 11) is 0. The Labute approximate surface area is 217 Å². The van der Waals surface area contributed by atoms with Crippen LogP contribution in [0.25, 0.3) is 0 Å². The second-order valence-electron chi connectivity index (χ2n) is 8.96. The first-order valence-corrected chi connectivity index (χ1v) is 13.4. The van der Waals surface area contributed by atoms with Crippen molar-refractivity contribution in [2.45, 2.75) is 67.6 Å². The van der Waals surface area contributed by atoms with E-state index in [0.717, 1.165) is 43.2 Å². The molecule has 0 fully saturated rings. The van der Waals surface area contributed by atoms with Crippen LogP contribution in [-0.2, 0) is 17.6 Å². The molecule has 36 heavy (non-hydrogen) atoms. The van der Waals surface area contributed by atoms with Gasteiger partial charge in [-0.3, -0.25) is 0 Å². The molecule has 0 aromatic heterocycles. The molecule has 3 aromatic carbocycles. The van der Waals surface area contributed by atoms with E-state index in [9.17, 15) is 24.9 Å². The fourth-order valence-electron chi connectivity index (χ4n) is 4.31. The van der Waals surface area contributed by atoms with Gasteiger partial charge >= 0.3 is 11.9 Å². The van der Waals surface area contributed by atoms with E-state index in [4.69, 9.17) is 0 Å². The lowest BCUT2D eigenvalue weighted by Crippen LogP contribution is -2.26. The standard InChI is InChI=1S/C30H34O5S/c31-27(30(34)35)28(36-25-19-12-18-24(21-25)29(32)33)26-20-11-10-17-23(26)16-9-4-2-1-3-6-13-22-14-7-5-8-15-22/h5,7-8,10-12,14-15,17-21,27-28,31H,1-4,6,9,13,16H2,(H,32,33)(H,34,35). The van der Waals surface area contributed by atoms with Crippen LogP contribution in [0.4, 0.5) is 0 Å². The predicted molar refractivity (Wildman–Crippen MR) is 144 cm³/mol. The van der Waals surface area contributed by atoms with Crippen molar-refractivity contribution in [1.82, 2.24) is 0 Å². The highest BCUT2D eigenvalue weighted by Gasteiger charge is 2.30. The molecule has 0 saturated carbocycles. The lowest BCUT2D eigenvalue weighted by molar-refractivity contribution is -0.146. The molecule has 5 nitrogen and oxygen atoms in total. The number of carbonyl (C=O) groups is 2. The van der Waals surface area contributed by atoms with Crippen molar-refractivity contribution in [2.75, 3.05) is 0 Å². The number of carboxylic acids is 2. The van der Waals surface area contributed by atoms with Crippen molar-refractivity contribution in [1.29, 1.82) is 0 Å². The van der Waals surface area contributed by atoms with Gasteiger partial charge in [-0.15, -0.1) is 11.8 Å². The summed E-state index contributed by atoms with van der Waals surface area (Å²) in [5.74, 6) is -2.35. The van der Waals surface area contributed by atoms with Crippen molar-refractivity contribution >= 4 is 23.7 Å². The number of aryl methyl sites for hydroxylation is 2. The van der Waals surface area contributed by atoms with E-state index in [1.165, 1.54) is 48.7 Å². The molecule has 0 aliphatic heterocycles. The van der Waals surface area contributed by atoms with Crippen molar-refractivity contribution in [3.8, 4) is 0 Å². The average molecular weight is 507 g/mol. The Bertz CT molecular complexity index is 1120. The average Bonchev–Trinajstić information content (AvgIpc) is 2.89. The Morgan fingerprint density at radius 1 is 0.722 bits per heavy atom. The Balaban J connectivity index is 1.56. The number of aromatic carboxylic acids is 1. The minimum absolute atomic E-state index is 0.126. The van der Waals surface area contributed by atoms with E-state index in [0.29, 0.717) is 4.90 Å². The summed E-state index contributed by atoms with van der Waals surface area (Å²) in [6.45, 7) is 0. The molecule has 0 spiro atoms. The van der Waals surface area contributed by atoms with Crippen LogP contribution < -0.4 is 0 Å². The number of rotatable bonds is 15. The van der Waals surface area contributed by atoms with Crippen molar-refractivity contribution in [3.05, 3.63) is 101 Å². The summed E-state index contributed by atoms with van der Waals surface area (Å²) in [6.07, 6.45) is 7.16. The second kappa shape index (κ2) is 14.5. The zero-order valence-electron chi connectivity index (χ0n) is 20.4. The number of benzene rings is 3. The minimum Gasteiger partial charge on any atom is -0.479 e. The first-order chi connectivity index (χ1) is 17.5. The molecule has 2 atom stereocenters. The minimum atomic E-state index is -1.62. The van der Waals surface area contributed by atoms with Gasteiger partial charge in [0.25, 0.3) is 0 Å². The number of carboxylic acid groups (broad SMARTS) is 2. The highest BCUT2D eigenvalue weighted by molar-refractivity contribution is 7.99. The molecule has 0 heterocycles. The third kappa shape index (κ3) is 8.54. The molecular weight excluding hydrogens is 472 g/mol. The number of hydrogen-bond donors (Lipinski definition) is 3. The second-order valence-corrected chi connectivity index (χ2v) is 10.2. The van der Waals surface area contributed by atoms with Crippen LogP contribution in [0.3, 0.4) is 0 Å². The monoisotopic (exact) mass is 506 g/mol. The Hall–Kier alpha value is -3.09. The third-order valence-electron chi connectivity index (χ3n) is 6.25. The molecule has 0 bridgehead atoms. The van der Waals surface area contributed by atoms with Gasteiger partial charge in [0.05, 0.1) is 10.8 Å². The van der Waals surface area contributed by atoms with Crippen LogP contribution in [0.15, 0.2) is 83.8 Å². The molecule has 2 unspecified atom stereocenters. The summed E-state index contributed by atoms with van der Waals surface area (Å²) in [5.41, 5.74) is 3.31. The number of aliphatic hydroxyl groups excluding tert-OH is 1. The van der Waals surface area contributed by atoms with E-state index < -0.39 is 23.3 Å². The summed E-state index contributed by atoms with van der Waals surface area (Å²) < 4.78 is 0. The molecule has 0 radical (unpaired) electrons. The largest absolute Gasteiger partial charge is 0.479 e. The Kier molecular flexibility index (Phi) is 11.0. The summed E-state index contributed by atoms with van der Waals surface area (Å²) >= 11 is 1.18. The highest BCUT2D eigenvalue weighted by Crippen LogP contribution is 2.40. The van der Waals surface area contributed by atoms with Gasteiger partial charge in [0.15, 0.2) is 6.10 Å². The van der Waals surface area contributed by atoms with Gasteiger partial charge < -0.3 is 15.3 Å². The van der Waals surface area contributed by atoms with Crippen molar-refractivity contribution < 1.29 is 24.9 Å². The lowest BCUT2D eigenvalue weighted by atomic mass is 9.96. The van der Waals surface area contributed by atoms with Crippen LogP contribution in [-0.4, -0.2) is 33.4 Å². The van der Waals surface area contributed by atoms with E-state index >= 15 is 0 Å². The van der Waals surface area contributed by atoms with E-state index in [1.54, 1.807) is 12.1 Å². The summed E-state index contributed by atoms with van der Waals surface area (Å²) in [6, 6.07) is 24.6. The van der Waals surface area contributed by atoms with Gasteiger partial charge in [0.1, 0.15) is 0 Å². The number of aliphatic hydroxyl groups is 1. The molecule has 0 amide bonds. The number of hydrogen-bond acceptors (Lipinski definition) is 4. The maximum atomic E-state index is 11.7. The smallest absolute Gasteiger partial charge is 0.335 e. The molecule has 0 saturated heterocycles. The zero-order valence-corrected chi connectivity index (χ0v) is 21.2. The predicted octanol–water partition coefficient (Wildman–Crippen LogP) is 6.79. The van der Waals surface area contributed by atoms with E-state index in [1.807, 2.05) is 30.3 Å². The van der Waals surface area contributed by atoms with Crippen molar-refractivity contribution in [2.24, 2.45) is 0 Å². The molecule has 190 valence electrons. The van der Waals surface area contributed by atoms with Crippen LogP contribution in [0.1, 0.15) is 70.8 Å². The van der Waals surface area contributed by atoms with Gasteiger partial charge in [0.2, 0.25) is 0 Å². The fourth-order valence-corrected chi connectivity index (χ4v) is 5.56. The number of unbranched alkanes of at least 4 members (excludes halogenated alkanes) is 5. The summed E-state index contributed by atoms with van der Waals surface area (Å²) in [4.78, 5) is 23.7. The van der Waals surface area contributed by atoms with Gasteiger partial charge in [0, 0.05) is 4.90 Å². The first kappa shape index (κ1) is 27.5. The quantitative estimate of drug-likeness (QED) is 0.155. The van der Waals surface area contributed by atoms with Crippen LogP contribution in [0.5, 0.6) is 0 Å². The normalized spacial score (nSPS) is 12.7. The highest BCUT2D eigenvalue weighted by atomic mass is 32.2. The van der Waals surface area contributed by atoms with Gasteiger partial charge in [-0.25, -0.2) is 9.59 Å². The topological polar surface area (TPSA) is 94.8 Å². The van der Waals surface area contributed by atoms with Crippen LogP contribution in [0.2, 0.25) is 0 Å². The first-order valence-electron chi connectivity index (χ1n) is 12.5. The molecule has 3 N–H and O–H groups in total. The number of thioether (sulfide) groups is 1. The van der Waals surface area contributed by atoms with Gasteiger partial charge in [-0.2, -0.15) is 0 Å². The van der Waals surface area contributed by atoms with Crippen LogP contribution in [0, 0.1) is 0 Å². The van der Waals surface area contributed by atoms with Gasteiger partial charge in [-0.05, 0) is 60.6 Å². The molecular formula is C30H34O5S. The zero-order chi connectivity index (χ0) is 25.8. The molecule has 0 aliphatic rings. The molecule has 6 heteroatoms. The number of aliphatic carboxylic acids is 1. The molecule has 3 rings (SSSR count). The Morgan fingerprint density at radius 2 is 1.36 bits per heavy atom. The fraction of sp³-hybridized carbons (Fsp3) is 0.333. The Morgan fingerprint density at radius 3 is 2.06 bits per heavy atom. The maximum absolute atomic E-state index is 11.7. The molecule has 0 aliphatic carbocycles. The SMILES string of the molecule is O=C(O)c1cccc(SC(c2ccccc2CCCCCCCCc2ccccc2)C(O)C(=O)O)c1. The van der Waals surface area contributed by atoms with Crippen molar-refractivity contribution in [3.63, 3.8) is 0 Å². The lowest BCUT2D eigenvalue weighted by Gasteiger charge is -2.23. The molecule has 3 aromatic rings. The van der Waals surface area contributed by atoms with E-state index in [-0.39, 0.29) is 5.56 Å². The third-order valence-corrected chi connectivity index (χ3v) is 7.54. The summed E-state index contributed by atoms with van der Waals surface area (Å²) in [5, 5.41) is 28.6. The van der Waals surface area contributed by atoms with E-state index in [2.05, 4.69) is 24.3 Å².